The molecule has 2 aliphatic heterocycles. The van der Waals surface area contributed by atoms with Gasteiger partial charge in [-0.15, -0.1) is 0 Å². The smallest absolute Gasteiger partial charge is 0.241 e. The van der Waals surface area contributed by atoms with Gasteiger partial charge in [0.05, 0.1) is 12.5 Å². The number of nitrogens with zero attached hydrogens (tertiary/aromatic N) is 2. The summed E-state index contributed by atoms with van der Waals surface area (Å²) in [5.41, 5.74) is 0.910. The molecule has 6 heteroatoms. The number of methoxy groups -OCH3 is 1. The number of benzene rings is 2. The molecule has 1 aliphatic carbocycles. The molecule has 3 aliphatic rings. The van der Waals surface area contributed by atoms with Gasteiger partial charge in [-0.3, -0.25) is 19.3 Å². The molecule has 3 amide bonds. The molecule has 0 spiro atoms. The molecule has 0 bridgehead atoms. The van der Waals surface area contributed by atoms with Crippen LogP contribution in [-0.4, -0.2) is 53.8 Å². The van der Waals surface area contributed by atoms with Gasteiger partial charge in [-0.25, -0.2) is 0 Å². The van der Waals surface area contributed by atoms with Crippen molar-refractivity contribution in [1.82, 2.24) is 9.80 Å². The summed E-state index contributed by atoms with van der Waals surface area (Å²) in [6.07, 6.45) is 3.62. The van der Waals surface area contributed by atoms with Crippen molar-refractivity contribution in [1.29, 1.82) is 0 Å². The summed E-state index contributed by atoms with van der Waals surface area (Å²) in [5.74, 6) is 0.711. The van der Waals surface area contributed by atoms with Crippen LogP contribution < -0.4 is 4.74 Å². The lowest BCUT2D eigenvalue weighted by atomic mass is 9.75. The number of hydrogen-bond acceptors (Lipinski definition) is 4. The van der Waals surface area contributed by atoms with Gasteiger partial charge in [0.25, 0.3) is 0 Å². The average Bonchev–Trinajstić information content (AvgIpc) is 3.65. The molecule has 0 unspecified atom stereocenters. The summed E-state index contributed by atoms with van der Waals surface area (Å²) >= 11 is 0. The van der Waals surface area contributed by atoms with Crippen LogP contribution >= 0.6 is 0 Å². The van der Waals surface area contributed by atoms with Crippen LogP contribution in [0.5, 0.6) is 5.75 Å². The van der Waals surface area contributed by atoms with Crippen molar-refractivity contribution in [2.75, 3.05) is 20.2 Å². The summed E-state index contributed by atoms with van der Waals surface area (Å²) in [6.45, 7) is 1.34. The minimum absolute atomic E-state index is 0.00171. The Kier molecular flexibility index (Phi) is 5.69. The van der Waals surface area contributed by atoms with E-state index < -0.39 is 5.41 Å². The van der Waals surface area contributed by atoms with Gasteiger partial charge < -0.3 is 9.64 Å². The first-order valence-corrected chi connectivity index (χ1v) is 11.9. The van der Waals surface area contributed by atoms with E-state index in [2.05, 4.69) is 24.3 Å². The van der Waals surface area contributed by atoms with E-state index in [1.807, 2.05) is 23.1 Å². The largest absolute Gasteiger partial charge is 0.497 e. The molecule has 5 rings (SSSR count). The highest BCUT2D eigenvalue weighted by molar-refractivity contribution is 6.11. The standard InChI is InChI=1S/C27H30N2O4/c1-33-23-11-7-21(8-12-23)27(18-25(31)29(26(27)32)22-9-10-22)17-24(30)28-15-13-20(14-16-28)19-5-3-2-4-6-19/h2-8,11-12,20,22H,9-10,13-18H2,1H3/t27-/m1/s1. The fourth-order valence-electron chi connectivity index (χ4n) is 5.40. The predicted octanol–water partition coefficient (Wildman–Crippen LogP) is 3.65. The molecule has 1 saturated carbocycles. The van der Waals surface area contributed by atoms with E-state index in [0.717, 1.165) is 31.2 Å². The second-order valence-corrected chi connectivity index (χ2v) is 9.53. The fourth-order valence-corrected chi connectivity index (χ4v) is 5.40. The number of rotatable bonds is 6. The Hall–Kier alpha value is -3.15. The first-order valence-electron chi connectivity index (χ1n) is 11.9. The van der Waals surface area contributed by atoms with Gasteiger partial charge in [0, 0.05) is 32.0 Å². The number of imide groups is 1. The maximum absolute atomic E-state index is 13.6. The Morgan fingerprint density at radius 3 is 2.24 bits per heavy atom. The maximum Gasteiger partial charge on any atom is 0.241 e. The molecule has 172 valence electrons. The van der Waals surface area contributed by atoms with Gasteiger partial charge in [0.15, 0.2) is 0 Å². The lowest BCUT2D eigenvalue weighted by Gasteiger charge is -2.35. The van der Waals surface area contributed by atoms with Crippen molar-refractivity contribution in [2.24, 2.45) is 0 Å². The van der Waals surface area contributed by atoms with E-state index in [0.29, 0.717) is 24.8 Å². The number of amides is 3. The van der Waals surface area contributed by atoms with Crippen molar-refractivity contribution < 1.29 is 19.1 Å². The number of carbonyl (C=O) groups excluding carboxylic acids is 3. The lowest BCUT2D eigenvalue weighted by Crippen LogP contribution is -2.45. The van der Waals surface area contributed by atoms with Crippen LogP contribution in [0, 0.1) is 0 Å². The topological polar surface area (TPSA) is 66.9 Å². The van der Waals surface area contributed by atoms with Crippen LogP contribution in [0.4, 0.5) is 0 Å². The number of ether oxygens (including phenoxy) is 1. The van der Waals surface area contributed by atoms with E-state index >= 15 is 0 Å². The van der Waals surface area contributed by atoms with Crippen LogP contribution in [0.2, 0.25) is 0 Å². The van der Waals surface area contributed by atoms with Gasteiger partial charge in [-0.2, -0.15) is 0 Å². The summed E-state index contributed by atoms with van der Waals surface area (Å²) in [5, 5.41) is 0. The quantitative estimate of drug-likeness (QED) is 0.636. The highest BCUT2D eigenvalue weighted by Crippen LogP contribution is 2.45. The molecular weight excluding hydrogens is 416 g/mol. The molecular formula is C27H30N2O4. The zero-order valence-electron chi connectivity index (χ0n) is 19.0. The van der Waals surface area contributed by atoms with Gasteiger partial charge >= 0.3 is 0 Å². The maximum atomic E-state index is 13.6. The summed E-state index contributed by atoms with van der Waals surface area (Å²) in [7, 11) is 1.59. The highest BCUT2D eigenvalue weighted by Gasteiger charge is 2.57. The first-order chi connectivity index (χ1) is 16.0. The van der Waals surface area contributed by atoms with Crippen LogP contribution in [0.25, 0.3) is 0 Å². The van der Waals surface area contributed by atoms with E-state index in [1.54, 1.807) is 19.2 Å². The van der Waals surface area contributed by atoms with Crippen molar-refractivity contribution in [3.63, 3.8) is 0 Å². The second-order valence-electron chi connectivity index (χ2n) is 9.53. The van der Waals surface area contributed by atoms with Crippen molar-refractivity contribution in [2.45, 2.75) is 55.9 Å². The Morgan fingerprint density at radius 2 is 1.64 bits per heavy atom. The van der Waals surface area contributed by atoms with Crippen molar-refractivity contribution >= 4 is 17.7 Å². The number of likely N-dealkylation sites (tertiary alicyclic amines) is 2. The van der Waals surface area contributed by atoms with Crippen LogP contribution in [0.15, 0.2) is 54.6 Å². The molecule has 2 aromatic rings. The zero-order valence-corrected chi connectivity index (χ0v) is 19.0. The fraction of sp³-hybridized carbons (Fsp3) is 0.444. The number of hydrogen-bond donors (Lipinski definition) is 0. The van der Waals surface area contributed by atoms with Crippen LogP contribution in [0.1, 0.15) is 55.6 Å². The minimum Gasteiger partial charge on any atom is -0.497 e. The average molecular weight is 447 g/mol. The molecule has 0 aromatic heterocycles. The normalized spacial score (nSPS) is 23.8. The summed E-state index contributed by atoms with van der Waals surface area (Å²) in [6, 6.07) is 17.7. The lowest BCUT2D eigenvalue weighted by molar-refractivity contribution is -0.143. The van der Waals surface area contributed by atoms with Gasteiger partial charge in [-0.1, -0.05) is 42.5 Å². The molecule has 33 heavy (non-hydrogen) atoms. The van der Waals surface area contributed by atoms with Crippen molar-refractivity contribution in [3.8, 4) is 5.75 Å². The Labute approximate surface area is 194 Å². The first kappa shape index (κ1) is 21.7. The molecule has 6 nitrogen and oxygen atoms in total. The Balaban J connectivity index is 1.36. The number of piperidine rings is 1. The molecule has 0 N–H and O–H groups in total. The minimum atomic E-state index is -1.13. The third kappa shape index (κ3) is 4.03. The number of carbonyl (C=O) groups is 3. The Morgan fingerprint density at radius 1 is 0.970 bits per heavy atom. The van der Waals surface area contributed by atoms with Crippen LogP contribution in [0.3, 0.4) is 0 Å². The monoisotopic (exact) mass is 446 g/mol. The van der Waals surface area contributed by atoms with E-state index in [1.165, 1.54) is 10.5 Å². The third-order valence-electron chi connectivity index (χ3n) is 7.48. The Bertz CT molecular complexity index is 1040. The summed E-state index contributed by atoms with van der Waals surface area (Å²) in [4.78, 5) is 43.3. The van der Waals surface area contributed by atoms with E-state index in [9.17, 15) is 14.4 Å². The molecule has 2 saturated heterocycles. The third-order valence-corrected chi connectivity index (χ3v) is 7.48. The summed E-state index contributed by atoms with van der Waals surface area (Å²) < 4.78 is 5.27. The SMILES string of the molecule is COc1ccc([C@@]2(CC(=O)N3CCC(c4ccccc4)CC3)CC(=O)N(C3CC3)C2=O)cc1. The molecule has 1 atom stereocenters. The molecule has 2 aromatic carbocycles. The van der Waals surface area contributed by atoms with Gasteiger partial charge in [0.2, 0.25) is 17.7 Å². The van der Waals surface area contributed by atoms with E-state index in [4.69, 9.17) is 4.74 Å². The van der Waals surface area contributed by atoms with Crippen LogP contribution in [-0.2, 0) is 19.8 Å². The molecule has 3 fully saturated rings. The highest BCUT2D eigenvalue weighted by atomic mass is 16.5. The van der Waals surface area contributed by atoms with Crippen molar-refractivity contribution in [3.05, 3.63) is 65.7 Å². The second kappa shape index (κ2) is 8.65. The molecule has 0 radical (unpaired) electrons. The van der Waals surface area contributed by atoms with E-state index in [-0.39, 0.29) is 36.6 Å². The zero-order chi connectivity index (χ0) is 23.0. The predicted molar refractivity (Wildman–Crippen MR) is 124 cm³/mol. The van der Waals surface area contributed by atoms with Gasteiger partial charge in [-0.05, 0) is 54.9 Å². The molecule has 2 heterocycles. The van der Waals surface area contributed by atoms with Gasteiger partial charge in [0.1, 0.15) is 5.75 Å².